The number of anilines is 1. The van der Waals surface area contributed by atoms with Crippen molar-refractivity contribution in [2.24, 2.45) is 4.99 Å². The summed E-state index contributed by atoms with van der Waals surface area (Å²) in [5.41, 5.74) is 2.00. The van der Waals surface area contributed by atoms with Crippen molar-refractivity contribution in [3.8, 4) is 0 Å². The van der Waals surface area contributed by atoms with E-state index in [1.807, 2.05) is 54.0 Å². The molecule has 152 valence electrons. The molecule has 8 heteroatoms. The van der Waals surface area contributed by atoms with E-state index in [4.69, 9.17) is 11.6 Å². The largest absolute Gasteiger partial charge is 0.367 e. The quantitative estimate of drug-likeness (QED) is 0.397. The van der Waals surface area contributed by atoms with Gasteiger partial charge in [0, 0.05) is 52.4 Å². The summed E-state index contributed by atoms with van der Waals surface area (Å²) < 4.78 is 2.04. The molecule has 0 aliphatic carbocycles. The van der Waals surface area contributed by atoms with Gasteiger partial charge in [0.2, 0.25) is 0 Å². The van der Waals surface area contributed by atoms with Crippen molar-refractivity contribution in [2.45, 2.75) is 12.8 Å². The average molecular weight is 412 g/mol. The number of benzene rings is 1. The molecule has 7 nitrogen and oxygen atoms in total. The number of hydrogen-bond donors (Lipinski definition) is 1. The Hall–Kier alpha value is -2.80. The van der Waals surface area contributed by atoms with E-state index in [1.54, 1.807) is 0 Å². The lowest BCUT2D eigenvalue weighted by Crippen LogP contribution is -2.52. The first kappa shape index (κ1) is 19.5. The molecule has 1 saturated heterocycles. The Balaban J connectivity index is 1.25. The zero-order valence-corrected chi connectivity index (χ0v) is 17.4. The fourth-order valence-corrected chi connectivity index (χ4v) is 3.96. The van der Waals surface area contributed by atoms with E-state index in [0.717, 1.165) is 73.7 Å². The molecule has 4 rings (SSSR count). The molecule has 0 bridgehead atoms. The fourth-order valence-electron chi connectivity index (χ4n) is 3.71. The number of aromatic nitrogens is 3. The van der Waals surface area contributed by atoms with Gasteiger partial charge in [-0.2, -0.15) is 0 Å². The highest BCUT2D eigenvalue weighted by Gasteiger charge is 2.20. The standard InChI is InChI=1S/C21H26ClN7/c1-23-21(24-11-6-10-20-26-25-19-9-4-5-12-29(19)20)28-15-13-27(14-16-28)18-8-3-2-7-17(18)22/h2-5,7-9,12H,6,10-11,13-16H2,1H3,(H,23,24). The second-order valence-electron chi connectivity index (χ2n) is 7.05. The summed E-state index contributed by atoms with van der Waals surface area (Å²) in [6.07, 6.45) is 3.85. The zero-order chi connectivity index (χ0) is 20.1. The predicted octanol–water partition coefficient (Wildman–Crippen LogP) is 2.71. The summed E-state index contributed by atoms with van der Waals surface area (Å²) in [5, 5.41) is 12.8. The van der Waals surface area contributed by atoms with E-state index in [1.165, 1.54) is 0 Å². The van der Waals surface area contributed by atoms with Crippen LogP contribution in [0.3, 0.4) is 0 Å². The molecule has 1 aliphatic rings. The molecule has 0 saturated carbocycles. The van der Waals surface area contributed by atoms with Crippen molar-refractivity contribution in [3.05, 3.63) is 59.5 Å². The maximum absolute atomic E-state index is 6.34. The van der Waals surface area contributed by atoms with Crippen LogP contribution >= 0.6 is 11.6 Å². The van der Waals surface area contributed by atoms with Crippen LogP contribution in [-0.4, -0.2) is 65.2 Å². The summed E-state index contributed by atoms with van der Waals surface area (Å²) in [4.78, 5) is 9.11. The highest BCUT2D eigenvalue weighted by molar-refractivity contribution is 6.33. The summed E-state index contributed by atoms with van der Waals surface area (Å²) in [6, 6.07) is 14.0. The van der Waals surface area contributed by atoms with E-state index in [-0.39, 0.29) is 0 Å². The molecular formula is C21H26ClN7. The van der Waals surface area contributed by atoms with Crippen LogP contribution in [0.25, 0.3) is 5.65 Å². The molecule has 0 atom stereocenters. The van der Waals surface area contributed by atoms with Crippen LogP contribution in [0.2, 0.25) is 5.02 Å². The lowest BCUT2D eigenvalue weighted by atomic mass is 10.2. The Labute approximate surface area is 176 Å². The van der Waals surface area contributed by atoms with Crippen molar-refractivity contribution < 1.29 is 0 Å². The van der Waals surface area contributed by atoms with Gasteiger partial charge >= 0.3 is 0 Å². The lowest BCUT2D eigenvalue weighted by Gasteiger charge is -2.38. The van der Waals surface area contributed by atoms with Gasteiger partial charge in [0.1, 0.15) is 5.82 Å². The number of nitrogens with zero attached hydrogens (tertiary/aromatic N) is 6. The van der Waals surface area contributed by atoms with Crippen LogP contribution in [-0.2, 0) is 6.42 Å². The Morgan fingerprint density at radius 2 is 1.86 bits per heavy atom. The first-order valence-electron chi connectivity index (χ1n) is 10.00. The number of pyridine rings is 1. The minimum Gasteiger partial charge on any atom is -0.367 e. The van der Waals surface area contributed by atoms with Gasteiger partial charge in [-0.1, -0.05) is 29.8 Å². The maximum Gasteiger partial charge on any atom is 0.193 e. The molecule has 1 aromatic carbocycles. The number of guanidine groups is 1. The number of piperazine rings is 1. The molecule has 1 fully saturated rings. The van der Waals surface area contributed by atoms with Gasteiger partial charge in [0.15, 0.2) is 11.6 Å². The molecule has 1 N–H and O–H groups in total. The minimum absolute atomic E-state index is 0.810. The third-order valence-electron chi connectivity index (χ3n) is 5.23. The van der Waals surface area contributed by atoms with Crippen LogP contribution in [0.5, 0.6) is 0 Å². The molecule has 0 spiro atoms. The monoisotopic (exact) mass is 411 g/mol. The van der Waals surface area contributed by atoms with E-state index in [0.29, 0.717) is 0 Å². The van der Waals surface area contributed by atoms with Crippen molar-refractivity contribution in [1.29, 1.82) is 0 Å². The van der Waals surface area contributed by atoms with Gasteiger partial charge in [-0.05, 0) is 30.7 Å². The number of halogens is 1. The lowest BCUT2D eigenvalue weighted by molar-refractivity contribution is 0.372. The highest BCUT2D eigenvalue weighted by atomic mass is 35.5. The van der Waals surface area contributed by atoms with E-state index in [9.17, 15) is 0 Å². The Morgan fingerprint density at radius 1 is 1.07 bits per heavy atom. The van der Waals surface area contributed by atoms with Crippen molar-refractivity contribution in [3.63, 3.8) is 0 Å². The van der Waals surface area contributed by atoms with Gasteiger partial charge in [0.05, 0.1) is 10.7 Å². The topological polar surface area (TPSA) is 61.1 Å². The summed E-state index contributed by atoms with van der Waals surface area (Å²) >= 11 is 6.34. The second kappa shape index (κ2) is 9.13. The van der Waals surface area contributed by atoms with Gasteiger partial charge in [-0.25, -0.2) is 0 Å². The Kier molecular flexibility index (Phi) is 6.14. The van der Waals surface area contributed by atoms with E-state index in [2.05, 4.69) is 36.4 Å². The van der Waals surface area contributed by atoms with Crippen molar-refractivity contribution in [1.82, 2.24) is 24.8 Å². The number of hydrogen-bond acceptors (Lipinski definition) is 4. The van der Waals surface area contributed by atoms with Crippen LogP contribution in [0.4, 0.5) is 5.69 Å². The number of para-hydroxylation sites is 1. The molecule has 0 amide bonds. The van der Waals surface area contributed by atoms with Gasteiger partial charge < -0.3 is 15.1 Å². The van der Waals surface area contributed by atoms with Gasteiger partial charge in [0.25, 0.3) is 0 Å². The third-order valence-corrected chi connectivity index (χ3v) is 5.55. The van der Waals surface area contributed by atoms with Crippen LogP contribution < -0.4 is 10.2 Å². The van der Waals surface area contributed by atoms with Crippen molar-refractivity contribution >= 4 is 28.9 Å². The highest BCUT2D eigenvalue weighted by Crippen LogP contribution is 2.26. The molecule has 3 heterocycles. The average Bonchev–Trinajstić information content (AvgIpc) is 3.18. The molecular weight excluding hydrogens is 386 g/mol. The van der Waals surface area contributed by atoms with Gasteiger partial charge in [-0.15, -0.1) is 10.2 Å². The van der Waals surface area contributed by atoms with Crippen LogP contribution in [0.1, 0.15) is 12.2 Å². The van der Waals surface area contributed by atoms with E-state index >= 15 is 0 Å². The molecule has 0 unspecified atom stereocenters. The summed E-state index contributed by atoms with van der Waals surface area (Å²) in [5.74, 6) is 1.95. The number of aliphatic imine (C=N–C) groups is 1. The third kappa shape index (κ3) is 4.45. The second-order valence-corrected chi connectivity index (χ2v) is 7.46. The van der Waals surface area contributed by atoms with Crippen LogP contribution in [0, 0.1) is 0 Å². The summed E-state index contributed by atoms with van der Waals surface area (Å²) in [7, 11) is 1.84. The first-order chi connectivity index (χ1) is 14.3. The fraction of sp³-hybridized carbons (Fsp3) is 0.381. The number of nitrogens with one attached hydrogen (secondary N) is 1. The molecule has 0 radical (unpaired) electrons. The smallest absolute Gasteiger partial charge is 0.193 e. The normalized spacial score (nSPS) is 15.2. The minimum atomic E-state index is 0.810. The molecule has 29 heavy (non-hydrogen) atoms. The maximum atomic E-state index is 6.34. The predicted molar refractivity (Wildman–Crippen MR) is 118 cm³/mol. The SMILES string of the molecule is CN=C(NCCCc1nnc2ccccn12)N1CCN(c2ccccc2Cl)CC1. The van der Waals surface area contributed by atoms with E-state index < -0.39 is 0 Å². The zero-order valence-electron chi connectivity index (χ0n) is 16.6. The molecule has 2 aromatic heterocycles. The van der Waals surface area contributed by atoms with Crippen molar-refractivity contribution in [2.75, 3.05) is 44.7 Å². The molecule has 1 aliphatic heterocycles. The van der Waals surface area contributed by atoms with Crippen LogP contribution in [0.15, 0.2) is 53.7 Å². The Bertz CT molecular complexity index is 976. The number of fused-ring (bicyclic) bond motifs is 1. The summed E-state index contributed by atoms with van der Waals surface area (Å²) in [6.45, 7) is 4.53. The van der Waals surface area contributed by atoms with Gasteiger partial charge in [-0.3, -0.25) is 9.39 Å². The molecule has 3 aromatic rings. The Morgan fingerprint density at radius 3 is 2.66 bits per heavy atom. The number of rotatable bonds is 5. The number of aryl methyl sites for hydroxylation is 1. The first-order valence-corrected chi connectivity index (χ1v) is 10.4.